The molecule has 2 nitrogen and oxygen atoms in total. The molecule has 0 rings (SSSR count). The van der Waals surface area contributed by atoms with Crippen molar-refractivity contribution in [2.24, 2.45) is 0 Å². The van der Waals surface area contributed by atoms with Crippen molar-refractivity contribution >= 4 is 11.5 Å². The van der Waals surface area contributed by atoms with Gasteiger partial charge >= 0.3 is 19.7 Å². The van der Waals surface area contributed by atoms with Crippen LogP contribution in [0, 0.1) is 0 Å². The van der Waals surface area contributed by atoms with Crippen molar-refractivity contribution in [2.75, 3.05) is 0 Å². The van der Waals surface area contributed by atoms with Crippen molar-refractivity contribution in [3.63, 3.8) is 0 Å². The fourth-order valence-corrected chi connectivity index (χ4v) is 0.161. The lowest BCUT2D eigenvalue weighted by molar-refractivity contribution is -0.389. The minimum absolute atomic E-state index is 0. The molecule has 0 aliphatic rings. The largest absolute Gasteiger partial charge is 1.00 e. The van der Waals surface area contributed by atoms with E-state index in [2.05, 4.69) is 0 Å². The van der Waals surface area contributed by atoms with Crippen molar-refractivity contribution in [2.45, 2.75) is 18.3 Å². The highest BCUT2D eigenvalue weighted by Crippen LogP contribution is 2.46. The average Bonchev–Trinajstić information content (AvgIpc) is 1.79. The van der Waals surface area contributed by atoms with Gasteiger partial charge in [-0.15, -0.1) is 3.89 Å². The fourth-order valence-electron chi connectivity index (χ4n) is 0.161. The average molecular weight is 272 g/mol. The van der Waals surface area contributed by atoms with Crippen LogP contribution < -0.4 is 0 Å². The summed E-state index contributed by atoms with van der Waals surface area (Å²) in [5.74, 6) is -6.62. The molecule has 1 unspecified atom stereocenters. The Labute approximate surface area is 80.1 Å². The van der Waals surface area contributed by atoms with Gasteiger partial charge in [-0.2, -0.15) is 35.1 Å². The summed E-state index contributed by atoms with van der Waals surface area (Å²) in [6.07, 6.45) is -13.2. The molecule has 0 bridgehead atoms. The molecule has 0 aliphatic heterocycles. The van der Waals surface area contributed by atoms with Gasteiger partial charge in [0, 0.05) is 0 Å². The number of hydrogen-bond acceptors (Lipinski definition) is 2. The Balaban J connectivity index is -0.000000292. The molecular formula is C3HF9O2S. The molecule has 0 radical (unpaired) electrons. The number of halogens is 9. The molecule has 0 heterocycles. The van der Waals surface area contributed by atoms with Gasteiger partial charge in [-0.05, 0) is 0 Å². The first-order valence-corrected chi connectivity index (χ1v) is 3.47. The second-order valence-corrected chi connectivity index (χ2v) is 2.15. The molecule has 0 spiro atoms. The maximum atomic E-state index is 11.2. The normalized spacial score (nSPS) is 15.3. The van der Waals surface area contributed by atoms with Gasteiger partial charge in [0.2, 0.25) is 0 Å². The molecule has 15 heavy (non-hydrogen) atoms. The van der Waals surface area contributed by atoms with Crippen molar-refractivity contribution in [1.82, 2.24) is 0 Å². The fraction of sp³-hybridized carbons (Fsp3) is 1.00. The van der Waals surface area contributed by atoms with Gasteiger partial charge in [-0.1, -0.05) is 0 Å². The first-order chi connectivity index (χ1) is 6.23. The molecule has 94 valence electrons. The summed E-state index contributed by atoms with van der Waals surface area (Å²) in [4.78, 5) is 0. The summed E-state index contributed by atoms with van der Waals surface area (Å²) >= 11 is -3.36. The van der Waals surface area contributed by atoms with E-state index in [1.807, 2.05) is 0 Å². The van der Waals surface area contributed by atoms with Crippen LogP contribution in [0.5, 0.6) is 0 Å². The number of alkyl halides is 8. The molecule has 0 saturated carbocycles. The summed E-state index contributed by atoms with van der Waals surface area (Å²) in [6.45, 7) is 0. The lowest BCUT2D eigenvalue weighted by Gasteiger charge is -2.21. The molecule has 12 heteroatoms. The third-order valence-corrected chi connectivity index (χ3v) is 0.712. The van der Waals surface area contributed by atoms with Gasteiger partial charge in [-0.25, -0.2) is 4.21 Å². The molecule has 0 N–H and O–H groups in total. The van der Waals surface area contributed by atoms with Crippen molar-refractivity contribution < 1.29 is 49.2 Å². The zero-order valence-electron chi connectivity index (χ0n) is 7.13. The highest BCUT2D eigenvalue weighted by Gasteiger charge is 2.74. The topological polar surface area (TPSA) is 40.1 Å². The van der Waals surface area contributed by atoms with Crippen LogP contribution in [-0.2, 0) is 11.5 Å². The molecule has 0 saturated heterocycles. The maximum absolute atomic E-state index is 11.2. The van der Waals surface area contributed by atoms with Crippen LogP contribution >= 0.6 is 0 Å². The molecule has 0 aliphatic carbocycles. The summed E-state index contributed by atoms with van der Waals surface area (Å²) < 4.78 is 114. The van der Waals surface area contributed by atoms with Crippen LogP contribution in [0.1, 0.15) is 1.43 Å². The van der Waals surface area contributed by atoms with Crippen LogP contribution in [-0.4, -0.2) is 27.0 Å². The van der Waals surface area contributed by atoms with Crippen molar-refractivity contribution in [3.8, 4) is 0 Å². The van der Waals surface area contributed by atoms with E-state index in [1.54, 1.807) is 0 Å². The molecule has 1 atom stereocenters. The van der Waals surface area contributed by atoms with Gasteiger partial charge in [0.1, 0.15) is 11.5 Å². The highest BCUT2D eigenvalue weighted by molar-refractivity contribution is 7.73. The Morgan fingerprint density at radius 1 is 0.867 bits per heavy atom. The molecule has 0 aromatic rings. The first kappa shape index (κ1) is 16.9. The van der Waals surface area contributed by atoms with Crippen LogP contribution in [0.2, 0.25) is 0 Å². The standard InChI is InChI=1S/C3F8.FHO2S/c4-1(5,2(6,7)8)3(9,10)11;1-4(2)3/h;(H,2,3). The third kappa shape index (κ3) is 5.81. The lowest BCUT2D eigenvalue weighted by atomic mass is 10.3. The van der Waals surface area contributed by atoms with Crippen molar-refractivity contribution in [1.29, 1.82) is 0 Å². The monoisotopic (exact) mass is 272 g/mol. The van der Waals surface area contributed by atoms with E-state index >= 15 is 0 Å². The van der Waals surface area contributed by atoms with E-state index < -0.39 is 29.7 Å². The van der Waals surface area contributed by atoms with Crippen LogP contribution in [0.15, 0.2) is 0 Å². The van der Waals surface area contributed by atoms with Gasteiger partial charge < -0.3 is 4.55 Å². The zero-order valence-corrected chi connectivity index (χ0v) is 6.94. The summed E-state index contributed by atoms with van der Waals surface area (Å²) in [5, 5.41) is 0. The number of hydrogen-bond donors (Lipinski definition) is 0. The summed E-state index contributed by atoms with van der Waals surface area (Å²) in [6, 6.07) is 0. The van der Waals surface area contributed by atoms with Gasteiger partial charge in [-0.3, -0.25) is 0 Å². The van der Waals surface area contributed by atoms with E-state index in [-0.39, 0.29) is 1.43 Å². The zero-order chi connectivity index (χ0) is 13.1. The predicted molar refractivity (Wildman–Crippen MR) is 28.2 cm³/mol. The van der Waals surface area contributed by atoms with E-state index in [1.165, 1.54) is 0 Å². The lowest BCUT2D eigenvalue weighted by Crippen LogP contribution is -2.49. The summed E-state index contributed by atoms with van der Waals surface area (Å²) in [5.41, 5.74) is 0. The Morgan fingerprint density at radius 2 is 1.00 bits per heavy atom. The van der Waals surface area contributed by atoms with E-state index in [9.17, 15) is 39.0 Å². The second kappa shape index (κ2) is 5.01. The maximum Gasteiger partial charge on any atom is 1.00 e. The Morgan fingerprint density at radius 3 is 1.00 bits per heavy atom. The van der Waals surface area contributed by atoms with E-state index in [4.69, 9.17) is 8.76 Å². The predicted octanol–water partition coefficient (Wildman–Crippen LogP) is 2.61. The molecule has 0 aromatic heterocycles. The molecule has 0 amide bonds. The van der Waals surface area contributed by atoms with Crippen LogP contribution in [0.4, 0.5) is 39.0 Å². The smallest absolute Gasteiger partial charge is 0.746 e. The SMILES string of the molecule is FC(F)(F)C(F)(F)C(F)(F)F.O=S([O-])F.[H+]. The minimum Gasteiger partial charge on any atom is -0.746 e. The third-order valence-electron chi connectivity index (χ3n) is 0.712. The quantitative estimate of drug-likeness (QED) is 0.386. The molecule has 0 aromatic carbocycles. The highest BCUT2D eigenvalue weighted by atomic mass is 32.2. The van der Waals surface area contributed by atoms with Gasteiger partial charge in [0.05, 0.1) is 0 Å². The Hall–Kier alpha value is -0.520. The molecular weight excluding hydrogens is 271 g/mol. The Kier molecular flexibility index (Phi) is 5.64. The van der Waals surface area contributed by atoms with Gasteiger partial charge in [0.15, 0.2) is 0 Å². The van der Waals surface area contributed by atoms with E-state index in [0.29, 0.717) is 0 Å². The van der Waals surface area contributed by atoms with E-state index in [0.717, 1.165) is 0 Å². The first-order valence-electron chi connectivity index (χ1n) is 2.50. The van der Waals surface area contributed by atoms with Crippen LogP contribution in [0.25, 0.3) is 0 Å². The second-order valence-electron chi connectivity index (χ2n) is 1.76. The summed E-state index contributed by atoms with van der Waals surface area (Å²) in [7, 11) is 0. The van der Waals surface area contributed by atoms with Crippen molar-refractivity contribution in [3.05, 3.63) is 0 Å². The molecule has 0 fully saturated rings. The number of rotatable bonds is 0. The minimum atomic E-state index is -6.62. The Bertz CT molecular complexity index is 202. The van der Waals surface area contributed by atoms with Crippen LogP contribution in [0.3, 0.4) is 0 Å². The van der Waals surface area contributed by atoms with Gasteiger partial charge in [0.25, 0.3) is 0 Å².